The molecule has 3 aromatic rings. The van der Waals surface area contributed by atoms with Gasteiger partial charge in [0.2, 0.25) is 5.91 Å². The molecule has 0 spiro atoms. The van der Waals surface area contributed by atoms with Crippen LogP contribution >= 0.6 is 12.2 Å². The number of amides is 2. The molecule has 32 heavy (non-hydrogen) atoms. The number of rotatable bonds is 7. The number of hydrogen-bond acceptors (Lipinski definition) is 4. The summed E-state index contributed by atoms with van der Waals surface area (Å²) in [6.07, 6.45) is 0.737. The Morgan fingerprint density at radius 1 is 0.938 bits per heavy atom. The van der Waals surface area contributed by atoms with Gasteiger partial charge in [0.1, 0.15) is 5.75 Å². The highest BCUT2D eigenvalue weighted by Gasteiger charge is 2.14. The van der Waals surface area contributed by atoms with Crippen LogP contribution in [-0.2, 0) is 11.2 Å². The van der Waals surface area contributed by atoms with Gasteiger partial charge in [0.05, 0.1) is 12.2 Å². The number of ether oxygens (including phenoxy) is 1. The summed E-state index contributed by atoms with van der Waals surface area (Å²) in [5.41, 5.74) is 3.80. The lowest BCUT2D eigenvalue weighted by Crippen LogP contribution is -2.34. The van der Waals surface area contributed by atoms with Gasteiger partial charge in [-0.2, -0.15) is 0 Å². The first kappa shape index (κ1) is 23.0. The van der Waals surface area contributed by atoms with Crippen molar-refractivity contribution in [2.24, 2.45) is 0 Å². The highest BCUT2D eigenvalue weighted by Crippen LogP contribution is 2.21. The minimum absolute atomic E-state index is 0.145. The van der Waals surface area contributed by atoms with Crippen molar-refractivity contribution in [1.29, 1.82) is 0 Å². The van der Waals surface area contributed by atoms with Crippen LogP contribution in [0, 0.1) is 6.92 Å². The molecule has 3 N–H and O–H groups in total. The lowest BCUT2D eigenvalue weighted by molar-refractivity contribution is -0.114. The molecule has 0 saturated heterocycles. The van der Waals surface area contributed by atoms with E-state index >= 15 is 0 Å². The van der Waals surface area contributed by atoms with Gasteiger partial charge in [-0.15, -0.1) is 0 Å². The fraction of sp³-hybridized carbons (Fsp3) is 0.160. The molecule has 0 atom stereocenters. The van der Waals surface area contributed by atoms with Gasteiger partial charge in [-0.05, 0) is 54.5 Å². The van der Waals surface area contributed by atoms with E-state index in [1.165, 1.54) is 6.92 Å². The summed E-state index contributed by atoms with van der Waals surface area (Å²) >= 11 is 5.30. The van der Waals surface area contributed by atoms with E-state index in [0.29, 0.717) is 29.3 Å². The zero-order chi connectivity index (χ0) is 22.9. The molecule has 0 aliphatic heterocycles. The number of thiocarbonyl (C=S) groups is 1. The number of benzene rings is 3. The van der Waals surface area contributed by atoms with E-state index in [1.54, 1.807) is 24.3 Å². The van der Waals surface area contributed by atoms with Crippen molar-refractivity contribution >= 4 is 40.5 Å². The maximum Gasteiger partial charge on any atom is 0.261 e. The quantitative estimate of drug-likeness (QED) is 0.458. The first-order valence-electron chi connectivity index (χ1n) is 10.2. The van der Waals surface area contributed by atoms with Crippen molar-refractivity contribution in [2.45, 2.75) is 20.3 Å². The summed E-state index contributed by atoms with van der Waals surface area (Å²) in [6.45, 7) is 3.79. The van der Waals surface area contributed by atoms with Crippen LogP contribution in [0.15, 0.2) is 72.8 Å². The summed E-state index contributed by atoms with van der Waals surface area (Å²) in [7, 11) is 0. The average molecular weight is 448 g/mol. The van der Waals surface area contributed by atoms with E-state index in [1.807, 2.05) is 55.5 Å². The number of aryl methyl sites for hydroxylation is 1. The second-order valence-electron chi connectivity index (χ2n) is 7.20. The smallest absolute Gasteiger partial charge is 0.261 e. The Bertz CT molecular complexity index is 1120. The SMILES string of the molecule is CC(=O)Nc1cc(NC(=S)NC(=O)c2ccccc2OCCc2ccccc2)ccc1C. The molecule has 0 aromatic heterocycles. The number of nitrogens with one attached hydrogen (secondary N) is 3. The molecular formula is C25H25N3O3S. The number of anilines is 2. The third-order valence-corrected chi connectivity index (χ3v) is 4.86. The fourth-order valence-corrected chi connectivity index (χ4v) is 3.27. The third kappa shape index (κ3) is 6.65. The Labute approximate surface area is 193 Å². The maximum absolute atomic E-state index is 12.8. The molecule has 0 bridgehead atoms. The van der Waals surface area contributed by atoms with E-state index in [2.05, 4.69) is 16.0 Å². The van der Waals surface area contributed by atoms with Gasteiger partial charge >= 0.3 is 0 Å². The summed E-state index contributed by atoms with van der Waals surface area (Å²) in [5.74, 6) is -0.0379. The molecule has 0 aliphatic carbocycles. The lowest BCUT2D eigenvalue weighted by Gasteiger charge is -2.14. The Hall–Kier alpha value is -3.71. The Balaban J connectivity index is 1.61. The van der Waals surface area contributed by atoms with Gasteiger partial charge in [0.15, 0.2) is 5.11 Å². The first-order chi connectivity index (χ1) is 15.4. The second kappa shape index (κ2) is 11.1. The topological polar surface area (TPSA) is 79.5 Å². The number of carbonyl (C=O) groups is 2. The number of hydrogen-bond donors (Lipinski definition) is 3. The fourth-order valence-electron chi connectivity index (χ4n) is 3.06. The van der Waals surface area contributed by atoms with Gasteiger partial charge in [-0.25, -0.2) is 0 Å². The molecule has 0 heterocycles. The van der Waals surface area contributed by atoms with Crippen LogP contribution in [0.25, 0.3) is 0 Å². The van der Waals surface area contributed by atoms with Crippen molar-refractivity contribution in [1.82, 2.24) is 5.32 Å². The molecule has 0 radical (unpaired) electrons. The zero-order valence-corrected chi connectivity index (χ0v) is 18.8. The first-order valence-corrected chi connectivity index (χ1v) is 10.6. The van der Waals surface area contributed by atoms with Crippen LogP contribution in [0.4, 0.5) is 11.4 Å². The molecule has 3 rings (SSSR count). The molecule has 0 saturated carbocycles. The highest BCUT2D eigenvalue weighted by atomic mass is 32.1. The standard InChI is InChI=1S/C25H25N3O3S/c1-17-12-13-20(16-22(17)26-18(2)29)27-25(32)28-24(30)21-10-6-7-11-23(21)31-15-14-19-8-4-3-5-9-19/h3-13,16H,14-15H2,1-2H3,(H,26,29)(H2,27,28,30,32). The molecule has 0 unspecified atom stereocenters. The van der Waals surface area contributed by atoms with E-state index < -0.39 is 0 Å². The van der Waals surface area contributed by atoms with E-state index in [9.17, 15) is 9.59 Å². The van der Waals surface area contributed by atoms with E-state index in [-0.39, 0.29) is 16.9 Å². The number of carbonyl (C=O) groups excluding carboxylic acids is 2. The van der Waals surface area contributed by atoms with Crippen molar-refractivity contribution in [2.75, 3.05) is 17.2 Å². The molecule has 6 nitrogen and oxygen atoms in total. The molecule has 2 amide bonds. The number of para-hydroxylation sites is 1. The molecule has 7 heteroatoms. The maximum atomic E-state index is 12.8. The summed E-state index contributed by atoms with van der Waals surface area (Å²) in [6, 6.07) is 22.5. The van der Waals surface area contributed by atoms with Crippen molar-refractivity contribution in [3.8, 4) is 5.75 Å². The van der Waals surface area contributed by atoms with Crippen LogP contribution in [-0.4, -0.2) is 23.5 Å². The Kier molecular flexibility index (Phi) is 7.94. The molecule has 164 valence electrons. The molecule has 3 aromatic carbocycles. The summed E-state index contributed by atoms with van der Waals surface area (Å²) in [5, 5.41) is 8.57. The third-order valence-electron chi connectivity index (χ3n) is 4.66. The van der Waals surface area contributed by atoms with Crippen molar-refractivity contribution in [3.63, 3.8) is 0 Å². The molecule has 0 aliphatic rings. The van der Waals surface area contributed by atoms with Crippen molar-refractivity contribution in [3.05, 3.63) is 89.5 Å². The Morgan fingerprint density at radius 3 is 2.41 bits per heavy atom. The second-order valence-corrected chi connectivity index (χ2v) is 7.61. The average Bonchev–Trinajstić information content (AvgIpc) is 2.77. The van der Waals surface area contributed by atoms with Crippen LogP contribution < -0.4 is 20.7 Å². The van der Waals surface area contributed by atoms with Crippen LogP contribution in [0.2, 0.25) is 0 Å². The van der Waals surface area contributed by atoms with E-state index in [4.69, 9.17) is 17.0 Å². The molecule has 0 fully saturated rings. The van der Waals surface area contributed by atoms with Crippen LogP contribution in [0.5, 0.6) is 5.75 Å². The zero-order valence-electron chi connectivity index (χ0n) is 18.0. The largest absolute Gasteiger partial charge is 0.492 e. The van der Waals surface area contributed by atoms with Crippen LogP contribution in [0.3, 0.4) is 0 Å². The van der Waals surface area contributed by atoms with Gasteiger partial charge in [-0.3, -0.25) is 14.9 Å². The summed E-state index contributed by atoms with van der Waals surface area (Å²) in [4.78, 5) is 24.2. The van der Waals surface area contributed by atoms with Crippen molar-refractivity contribution < 1.29 is 14.3 Å². The normalized spacial score (nSPS) is 10.2. The van der Waals surface area contributed by atoms with Gasteiger partial charge in [0.25, 0.3) is 5.91 Å². The highest BCUT2D eigenvalue weighted by molar-refractivity contribution is 7.80. The van der Waals surface area contributed by atoms with Gasteiger partial charge in [-0.1, -0.05) is 48.5 Å². The van der Waals surface area contributed by atoms with Gasteiger partial charge < -0.3 is 15.4 Å². The lowest BCUT2D eigenvalue weighted by atomic mass is 10.1. The predicted molar refractivity (Wildman–Crippen MR) is 131 cm³/mol. The van der Waals surface area contributed by atoms with Crippen LogP contribution in [0.1, 0.15) is 28.4 Å². The molecular weight excluding hydrogens is 422 g/mol. The van der Waals surface area contributed by atoms with Gasteiger partial charge in [0, 0.05) is 24.7 Å². The summed E-state index contributed by atoms with van der Waals surface area (Å²) < 4.78 is 5.86. The Morgan fingerprint density at radius 2 is 1.66 bits per heavy atom. The predicted octanol–water partition coefficient (Wildman–Crippen LogP) is 4.70. The van der Waals surface area contributed by atoms with E-state index in [0.717, 1.165) is 17.5 Å². The minimum Gasteiger partial charge on any atom is -0.492 e. The minimum atomic E-state index is -0.369. The monoisotopic (exact) mass is 447 g/mol.